The van der Waals surface area contributed by atoms with E-state index in [0.717, 1.165) is 71.1 Å². The summed E-state index contributed by atoms with van der Waals surface area (Å²) in [5.74, 6) is -6.11. The minimum Gasteiger partial charge on any atom is -0.477 e. The van der Waals surface area contributed by atoms with Crippen LogP contribution >= 0.6 is 0 Å². The van der Waals surface area contributed by atoms with Gasteiger partial charge in [-0.2, -0.15) is 0 Å². The van der Waals surface area contributed by atoms with Crippen LogP contribution in [0.5, 0.6) is 0 Å². The molecule has 3 fully saturated rings. The molecule has 0 aromatic carbocycles. The van der Waals surface area contributed by atoms with Gasteiger partial charge in [-0.3, -0.25) is 9.59 Å². The van der Waals surface area contributed by atoms with E-state index in [4.69, 9.17) is 28.4 Å². The maximum Gasteiger partial charge on any atom is 0.364 e. The summed E-state index contributed by atoms with van der Waals surface area (Å²) in [5.41, 5.74) is 0. The Bertz CT molecular complexity index is 1680. The fourth-order valence-corrected chi connectivity index (χ4v) is 10.4. The van der Waals surface area contributed by atoms with Crippen LogP contribution in [0, 0.1) is 0 Å². The van der Waals surface area contributed by atoms with Crippen molar-refractivity contribution >= 4 is 17.8 Å². The zero-order valence-corrected chi connectivity index (χ0v) is 47.2. The van der Waals surface area contributed by atoms with E-state index >= 15 is 0 Å². The summed E-state index contributed by atoms with van der Waals surface area (Å²) >= 11 is 0. The van der Waals surface area contributed by atoms with Crippen LogP contribution in [0.15, 0.2) is 12.2 Å². The van der Waals surface area contributed by atoms with E-state index in [2.05, 4.69) is 36.6 Å². The molecule has 3 heterocycles. The fourth-order valence-electron chi connectivity index (χ4n) is 10.4. The van der Waals surface area contributed by atoms with Crippen molar-refractivity contribution in [2.24, 2.45) is 0 Å². The molecule has 14 N–H and O–H groups in total. The Balaban J connectivity index is 1.68. The molecule has 18 atom stereocenters. The summed E-state index contributed by atoms with van der Waals surface area (Å²) in [7, 11) is 0. The van der Waals surface area contributed by atoms with Crippen molar-refractivity contribution in [2.45, 2.75) is 298 Å². The number of aliphatic carboxylic acids is 1. The van der Waals surface area contributed by atoms with Gasteiger partial charge in [-0.1, -0.05) is 142 Å². The molecule has 23 heteroatoms. The smallest absolute Gasteiger partial charge is 0.364 e. The number of rotatable bonds is 42. The van der Waals surface area contributed by atoms with Crippen molar-refractivity contribution in [3.63, 3.8) is 0 Å². The Morgan fingerprint density at radius 2 is 1.18 bits per heavy atom. The van der Waals surface area contributed by atoms with E-state index in [1.165, 1.54) is 70.6 Å². The molecule has 0 aliphatic carbocycles. The second kappa shape index (κ2) is 39.1. The molecular weight excluding hydrogens is 1040 g/mol. The Morgan fingerprint density at radius 1 is 0.646 bits per heavy atom. The summed E-state index contributed by atoms with van der Waals surface area (Å²) in [6.07, 6.45) is 1.09. The van der Waals surface area contributed by atoms with Gasteiger partial charge in [-0.25, -0.2) is 4.79 Å². The van der Waals surface area contributed by atoms with Crippen LogP contribution in [-0.4, -0.2) is 215 Å². The normalized spacial score (nSPS) is 30.9. The first kappa shape index (κ1) is 70.7. The van der Waals surface area contributed by atoms with Crippen LogP contribution in [0.3, 0.4) is 0 Å². The lowest BCUT2D eigenvalue weighted by Gasteiger charge is -2.50. The SMILES string of the molecule is CCCCC/C=C\CCCCCCCC(=O)NC(COC1OC(CO)C(OC2OC(CO)C(O)C(OC3(C(=O)O)CC(O)C(NC(C)=O)C(C(O)C(O)CO)O3)C2O)C(O)C1O)C(O)CCCCCCCCCCCCCCC. The Kier molecular flexibility index (Phi) is 35.0. The number of carbonyl (C=O) groups excluding carboxylic acids is 2. The Labute approximate surface area is 467 Å². The first-order valence-corrected chi connectivity index (χ1v) is 29.5. The molecule has 3 aliphatic rings. The van der Waals surface area contributed by atoms with Gasteiger partial charge in [-0.05, 0) is 38.5 Å². The summed E-state index contributed by atoms with van der Waals surface area (Å²) in [5, 5.41) is 135. The third-order valence-electron chi connectivity index (χ3n) is 15.2. The van der Waals surface area contributed by atoms with E-state index in [-0.39, 0.29) is 18.9 Å². The van der Waals surface area contributed by atoms with Crippen molar-refractivity contribution in [3.05, 3.63) is 12.2 Å². The van der Waals surface area contributed by atoms with Crippen molar-refractivity contribution in [2.75, 3.05) is 26.4 Å². The predicted molar refractivity (Wildman–Crippen MR) is 288 cm³/mol. The Morgan fingerprint density at radius 3 is 1.73 bits per heavy atom. The molecule has 18 unspecified atom stereocenters. The minimum absolute atomic E-state index is 0.213. The number of unbranched alkanes of at least 4 members (excludes halogenated alkanes) is 20. The number of carboxylic acids is 1. The average molecular weight is 1140 g/mol. The van der Waals surface area contributed by atoms with Gasteiger partial charge in [0.25, 0.3) is 5.79 Å². The van der Waals surface area contributed by atoms with Crippen LogP contribution in [0.1, 0.15) is 188 Å². The molecule has 2 amide bonds. The van der Waals surface area contributed by atoms with Crippen LogP contribution in [0.25, 0.3) is 0 Å². The minimum atomic E-state index is -3.08. The number of carbonyl (C=O) groups is 3. The van der Waals surface area contributed by atoms with Gasteiger partial charge >= 0.3 is 5.97 Å². The van der Waals surface area contributed by atoms with Gasteiger partial charge in [0.05, 0.1) is 50.7 Å². The van der Waals surface area contributed by atoms with Gasteiger partial charge in [-0.15, -0.1) is 0 Å². The van der Waals surface area contributed by atoms with Crippen molar-refractivity contribution < 1.29 is 104 Å². The third-order valence-corrected chi connectivity index (χ3v) is 15.2. The highest BCUT2D eigenvalue weighted by atomic mass is 16.8. The lowest BCUT2D eigenvalue weighted by atomic mass is 9.88. The highest BCUT2D eigenvalue weighted by molar-refractivity contribution is 5.77. The standard InChI is InChI=1S/C56H102N2O21/c1-4-6-8-10-12-14-16-18-19-21-23-25-27-29-38(63)37(58-43(66)30-28-26-24-22-20-17-15-13-11-9-7-5-2)35-74-53-48(70)47(69)50(42(34-61)76-53)77-54-49(71)52(46(68)41(33-60)75-54)79-56(55(72)73)31-39(64)44(57-36(3)62)51(78-56)45(67)40(65)32-59/h13,15,37-42,44-54,59-61,63-65,67-71H,4-12,14,16-35H2,1-3H3,(H,57,62)(H,58,66)(H,72,73)/b15-13-. The van der Waals surface area contributed by atoms with E-state index in [1.54, 1.807) is 0 Å². The maximum atomic E-state index is 13.3. The van der Waals surface area contributed by atoms with Crippen LogP contribution in [0.4, 0.5) is 0 Å². The van der Waals surface area contributed by atoms with Crippen LogP contribution in [0.2, 0.25) is 0 Å². The van der Waals surface area contributed by atoms with E-state index in [0.29, 0.717) is 19.3 Å². The van der Waals surface area contributed by atoms with Gasteiger partial charge in [0, 0.05) is 19.8 Å². The largest absolute Gasteiger partial charge is 0.477 e. The number of carboxylic acid groups (broad SMARTS) is 1. The zero-order chi connectivity index (χ0) is 58.3. The molecule has 0 aromatic heterocycles. The van der Waals surface area contributed by atoms with Gasteiger partial charge in [0.1, 0.15) is 67.1 Å². The molecule has 3 rings (SSSR count). The molecule has 3 saturated heterocycles. The number of aliphatic hydroxyl groups is 11. The summed E-state index contributed by atoms with van der Waals surface area (Å²) in [6, 6.07) is -2.53. The zero-order valence-electron chi connectivity index (χ0n) is 47.2. The number of nitrogens with one attached hydrogen (secondary N) is 2. The molecule has 462 valence electrons. The Hall–Kier alpha value is -2.53. The molecular formula is C56H102N2O21. The van der Waals surface area contributed by atoms with Crippen molar-refractivity contribution in [3.8, 4) is 0 Å². The molecule has 79 heavy (non-hydrogen) atoms. The van der Waals surface area contributed by atoms with Gasteiger partial charge < -0.3 is 100 Å². The molecule has 3 aliphatic heterocycles. The molecule has 0 radical (unpaired) electrons. The number of ether oxygens (including phenoxy) is 6. The van der Waals surface area contributed by atoms with Crippen LogP contribution in [-0.2, 0) is 42.8 Å². The quantitative estimate of drug-likeness (QED) is 0.0307. The summed E-state index contributed by atoms with van der Waals surface area (Å²) in [4.78, 5) is 38.3. The first-order valence-electron chi connectivity index (χ1n) is 29.5. The van der Waals surface area contributed by atoms with Gasteiger partial charge in [0.15, 0.2) is 12.6 Å². The average Bonchev–Trinajstić information content (AvgIpc) is 3.45. The third kappa shape index (κ3) is 23.9. The summed E-state index contributed by atoms with van der Waals surface area (Å²) < 4.78 is 34.7. The molecule has 0 aromatic rings. The molecule has 0 spiro atoms. The molecule has 23 nitrogen and oxygen atoms in total. The lowest BCUT2D eigenvalue weighted by Crippen LogP contribution is -2.70. The number of allylic oxidation sites excluding steroid dienone is 2. The number of hydrogen-bond acceptors (Lipinski definition) is 20. The molecule has 0 bridgehead atoms. The number of hydrogen-bond donors (Lipinski definition) is 14. The highest BCUT2D eigenvalue weighted by Gasteiger charge is 2.60. The lowest BCUT2D eigenvalue weighted by molar-refractivity contribution is -0.386. The first-order chi connectivity index (χ1) is 37.9. The predicted octanol–water partition coefficient (Wildman–Crippen LogP) is 2.00. The van der Waals surface area contributed by atoms with Gasteiger partial charge in [0.2, 0.25) is 11.8 Å². The number of aliphatic hydroxyl groups excluding tert-OH is 11. The fraction of sp³-hybridized carbons (Fsp3) is 0.911. The van der Waals surface area contributed by atoms with Crippen molar-refractivity contribution in [1.29, 1.82) is 0 Å². The van der Waals surface area contributed by atoms with Crippen LogP contribution < -0.4 is 10.6 Å². The van der Waals surface area contributed by atoms with E-state index in [1.807, 2.05) is 0 Å². The topological polar surface area (TPSA) is 373 Å². The van der Waals surface area contributed by atoms with E-state index < -0.39 is 148 Å². The summed E-state index contributed by atoms with van der Waals surface area (Å²) in [6.45, 7) is 2.11. The molecule has 0 saturated carbocycles. The monoisotopic (exact) mass is 1140 g/mol. The van der Waals surface area contributed by atoms with Crippen molar-refractivity contribution in [1.82, 2.24) is 10.6 Å². The highest BCUT2D eigenvalue weighted by Crippen LogP contribution is 2.38. The second-order valence-electron chi connectivity index (χ2n) is 21.9. The second-order valence-corrected chi connectivity index (χ2v) is 21.9. The maximum absolute atomic E-state index is 13.3. The van der Waals surface area contributed by atoms with E-state index in [9.17, 15) is 75.7 Å². The number of amides is 2.